The third-order valence-electron chi connectivity index (χ3n) is 18.8. The molecule has 6 fully saturated rings. The van der Waals surface area contributed by atoms with E-state index < -0.39 is 28.7 Å². The number of carboxylic acids is 2. The van der Waals surface area contributed by atoms with Crippen LogP contribution in [0.2, 0.25) is 0 Å². The van der Waals surface area contributed by atoms with E-state index in [1.165, 1.54) is 68.7 Å². The zero-order valence-corrected chi connectivity index (χ0v) is 78.4. The molecule has 136 heavy (non-hydrogen) atoms. The maximum Gasteiger partial charge on any atom is 0.356 e. The number of halogens is 2. The summed E-state index contributed by atoms with van der Waals surface area (Å²) in [6.07, 6.45) is 24.0. The van der Waals surface area contributed by atoms with E-state index in [0.29, 0.717) is 109 Å². The number of pyridine rings is 3. The number of aromatic amines is 2. The predicted molar refractivity (Wildman–Crippen MR) is 515 cm³/mol. The van der Waals surface area contributed by atoms with Gasteiger partial charge in [-0.15, -0.1) is 24.8 Å². The molecule has 3 heterocycles. The molecule has 0 saturated heterocycles. The van der Waals surface area contributed by atoms with Crippen LogP contribution in [-0.2, 0) is 106 Å². The fourth-order valence-electron chi connectivity index (χ4n) is 10.9. The average molecular weight is 1930 g/mol. The Labute approximate surface area is 804 Å². The number of aliphatic hydroxyl groups is 1. The van der Waals surface area contributed by atoms with Gasteiger partial charge in [-0.2, -0.15) is 0 Å². The molecule has 6 aliphatic carbocycles. The van der Waals surface area contributed by atoms with Crippen LogP contribution in [0.25, 0.3) is 0 Å². The quantitative estimate of drug-likeness (QED) is 0.00562. The number of carbonyl (C=O) groups is 7. The van der Waals surface area contributed by atoms with Crippen molar-refractivity contribution in [1.29, 1.82) is 0 Å². The Hall–Kier alpha value is -12.5. The van der Waals surface area contributed by atoms with Gasteiger partial charge in [-0.05, 0) is 117 Å². The highest BCUT2D eigenvalue weighted by Gasteiger charge is 2.27. The Bertz CT molecular complexity index is 5030. The number of benzene rings is 6. The molecule has 2 amide bonds. The number of aromatic nitrogens is 3. The number of rotatable bonds is 46. The number of nitrogens with zero attached hydrogens (tertiary/aromatic N) is 1. The van der Waals surface area contributed by atoms with E-state index in [1.807, 2.05) is 182 Å². The number of amides is 2. The van der Waals surface area contributed by atoms with E-state index in [0.717, 1.165) is 109 Å². The highest BCUT2D eigenvalue weighted by atomic mass is 35.5. The molecular weight excluding hydrogens is 1800 g/mol. The van der Waals surface area contributed by atoms with Crippen LogP contribution < -0.4 is 52.7 Å². The molecule has 6 aliphatic rings. The number of hydrogen-bond acceptors (Lipinski definition) is 26. The number of aromatic carboxylic acids is 1. The molecule has 35 heteroatoms. The molecule has 6 aromatic carbocycles. The van der Waals surface area contributed by atoms with Gasteiger partial charge in [0.05, 0.1) is 115 Å². The van der Waals surface area contributed by atoms with Crippen molar-refractivity contribution in [2.75, 3.05) is 78.3 Å². The smallest absolute Gasteiger partial charge is 0.356 e. The largest absolute Gasteiger partial charge is 0.501 e. The number of nitrogen functional groups attached to an aromatic ring is 1. The first-order valence-electron chi connectivity index (χ1n) is 45.0. The summed E-state index contributed by atoms with van der Waals surface area (Å²) in [7, 11) is 0. The number of aliphatic hydroxyl groups excluding tert-OH is 1. The minimum atomic E-state index is -1.23. The minimum Gasteiger partial charge on any atom is -0.501 e. The number of nitrogens with two attached hydrogens (primary N) is 2. The topological polar surface area (TPSA) is 464 Å². The van der Waals surface area contributed by atoms with E-state index in [2.05, 4.69) is 34.1 Å². The lowest BCUT2D eigenvalue weighted by atomic mass is 10.2. The average Bonchev–Trinajstić information content (AvgIpc) is 1.06. The van der Waals surface area contributed by atoms with Gasteiger partial charge in [-0.25, -0.2) is 4.79 Å². The van der Waals surface area contributed by atoms with Gasteiger partial charge in [-0.3, -0.25) is 47.8 Å². The van der Waals surface area contributed by atoms with Gasteiger partial charge >= 0.3 is 29.8 Å². The van der Waals surface area contributed by atoms with E-state index in [-0.39, 0.29) is 141 Å². The number of aliphatic carboxylic acids is 1. The van der Waals surface area contributed by atoms with Gasteiger partial charge in [0.25, 0.3) is 11.8 Å². The lowest BCUT2D eigenvalue weighted by Gasteiger charge is -2.14. The molecule has 0 unspecified atom stereocenters. The lowest BCUT2D eigenvalue weighted by Crippen LogP contribution is -2.34. The van der Waals surface area contributed by atoms with Crippen LogP contribution in [0, 0.1) is 0 Å². The van der Waals surface area contributed by atoms with Gasteiger partial charge in [0.2, 0.25) is 16.3 Å². The zero-order valence-electron chi connectivity index (χ0n) is 76.7. The summed E-state index contributed by atoms with van der Waals surface area (Å²) >= 11 is 0. The summed E-state index contributed by atoms with van der Waals surface area (Å²) in [6.45, 7) is 12.0. The number of hydrogen-bond donors (Lipinski definition) is 9. The molecule has 15 rings (SSSR count). The minimum absolute atomic E-state index is 0. The van der Waals surface area contributed by atoms with Crippen LogP contribution >= 0.6 is 24.8 Å². The molecule has 11 N–H and O–H groups in total. The van der Waals surface area contributed by atoms with Crippen molar-refractivity contribution >= 4 is 66.5 Å². The van der Waals surface area contributed by atoms with Crippen molar-refractivity contribution < 1.29 is 110 Å². The molecule has 738 valence electrons. The number of carboxylic acid groups (broad SMARTS) is 2. The second-order valence-electron chi connectivity index (χ2n) is 30.8. The number of ether oxygens (including phenoxy) is 13. The SMILES string of the molecule is C=COCCC(=O)OCc1ccccc1.CCCOC1CC1.Cl.Cl.NCCOC1CC1.Nn1ccc(=O)c(OCc2ccccc2)c1C(=O)NCCOC1CC1.O=C(CCO)OCc1ccccc1.O=C(CCOC1CC1)OCc1ccccc1.O=C(NCCOC1CC1)c1[nH]ccc(=O)c1OCc1ccccc1.O=C(O)CCOC1CC1.O=C(O)c1[nH]ccc(=O)c1OCc1ccccc1. The van der Waals surface area contributed by atoms with Crippen molar-refractivity contribution in [2.45, 2.75) is 192 Å². The third-order valence-corrected chi connectivity index (χ3v) is 18.8. The Morgan fingerprint density at radius 3 is 1.07 bits per heavy atom. The fraction of sp³-hybridized carbons (Fsp3) is 0.406. The van der Waals surface area contributed by atoms with Crippen LogP contribution in [0.1, 0.15) is 181 Å². The van der Waals surface area contributed by atoms with Gasteiger partial charge < -0.3 is 109 Å². The predicted octanol–water partition coefficient (Wildman–Crippen LogP) is 13.4. The van der Waals surface area contributed by atoms with Crippen molar-refractivity contribution in [2.24, 2.45) is 5.73 Å². The Balaban J connectivity index is 0.000000277. The fourth-order valence-corrected chi connectivity index (χ4v) is 10.9. The molecular formula is C101H129Cl2N7O26. The lowest BCUT2D eigenvalue weighted by molar-refractivity contribution is -0.147. The molecule has 0 radical (unpaired) electrons. The number of carbonyl (C=O) groups excluding carboxylic acids is 5. The molecule has 9 aromatic rings. The molecule has 6 saturated carbocycles. The first kappa shape index (κ1) is 114. The van der Waals surface area contributed by atoms with E-state index in [9.17, 15) is 47.9 Å². The normalized spacial score (nSPS) is 13.1. The molecule has 0 atom stereocenters. The van der Waals surface area contributed by atoms with Gasteiger partial charge in [0.1, 0.15) is 39.6 Å². The van der Waals surface area contributed by atoms with Gasteiger partial charge in [0, 0.05) is 63.0 Å². The van der Waals surface area contributed by atoms with E-state index in [4.69, 9.17) is 88.5 Å². The zero-order chi connectivity index (χ0) is 96.0. The van der Waals surface area contributed by atoms with E-state index >= 15 is 0 Å². The van der Waals surface area contributed by atoms with Crippen LogP contribution in [-0.4, -0.2) is 181 Å². The van der Waals surface area contributed by atoms with Crippen LogP contribution in [0.15, 0.2) is 246 Å². The summed E-state index contributed by atoms with van der Waals surface area (Å²) in [5.41, 5.74) is 9.50. The van der Waals surface area contributed by atoms with Crippen molar-refractivity contribution in [3.05, 3.63) is 313 Å². The summed E-state index contributed by atoms with van der Waals surface area (Å²) < 4.78 is 69.3. The maximum absolute atomic E-state index is 12.4. The van der Waals surface area contributed by atoms with Crippen molar-refractivity contribution in [1.82, 2.24) is 25.3 Å². The summed E-state index contributed by atoms with van der Waals surface area (Å²) in [4.78, 5) is 120. The number of nitrogens with one attached hydrogen (secondary N) is 4. The third kappa shape index (κ3) is 52.9. The highest BCUT2D eigenvalue weighted by Crippen LogP contribution is 2.27. The van der Waals surface area contributed by atoms with Crippen LogP contribution in [0.5, 0.6) is 17.2 Å². The first-order chi connectivity index (χ1) is 65.2. The van der Waals surface area contributed by atoms with E-state index in [1.54, 1.807) is 0 Å². The van der Waals surface area contributed by atoms with Crippen LogP contribution in [0.4, 0.5) is 0 Å². The molecule has 33 nitrogen and oxygen atoms in total. The summed E-state index contributed by atoms with van der Waals surface area (Å²) in [5, 5.41) is 31.0. The Morgan fingerprint density at radius 1 is 0.404 bits per heavy atom. The number of H-pyrrole nitrogens is 2. The maximum atomic E-state index is 12.4. The monoisotopic (exact) mass is 1930 g/mol. The van der Waals surface area contributed by atoms with Gasteiger partial charge in [0.15, 0.2) is 34.3 Å². The first-order valence-corrected chi connectivity index (χ1v) is 45.0. The van der Waals surface area contributed by atoms with Crippen LogP contribution in [0.3, 0.4) is 0 Å². The summed E-state index contributed by atoms with van der Waals surface area (Å²) in [6, 6.07) is 60.6. The molecule has 0 aliphatic heterocycles. The van der Waals surface area contributed by atoms with Crippen molar-refractivity contribution in [3.63, 3.8) is 0 Å². The second-order valence-corrected chi connectivity index (χ2v) is 30.8. The summed E-state index contributed by atoms with van der Waals surface area (Å²) in [5.74, 6) is 1.95. The molecule has 0 bridgehead atoms. The van der Waals surface area contributed by atoms with Gasteiger partial charge in [-0.1, -0.05) is 195 Å². The Kier molecular flexibility index (Phi) is 57.4. The molecule has 0 spiro atoms. The van der Waals surface area contributed by atoms with Crippen molar-refractivity contribution in [3.8, 4) is 17.2 Å². The number of esters is 3. The highest BCUT2D eigenvalue weighted by molar-refractivity contribution is 5.95. The second kappa shape index (κ2) is 68.4. The molecule has 3 aromatic heterocycles. The Morgan fingerprint density at radius 2 is 0.721 bits per heavy atom. The standard InChI is InChI=1S/C18H21N3O4.C18H20N2O4.C13H11NO4.C13H16O3.C12H14O3.C10H12O3.C6H10O3.C6H12O.C5H11NO.2ClH/c19-21-10-8-15(22)17(25-12-13-4-2-1-3-5-13)16(21)18(23)20-9-11-24-14-6-7-14;21-15-8-9-19-16(18(22)20-10-11-23-14-6-7-14)17(15)24-12-13-4-2-1-3-5-13;15-10-6-7-14-11(13(16)17)12(10)18-8-9-4-2-1-3-5-9;14-13(8-9-15-12-6-7-12)16-10-11-4-2-1-3-5-11;1-2-14-9-8-12(13)15-10-11-6-4-3-5-7-11;11-7-6-10(12)13-8-9-4-2-1-3-5-9;7-6(8)3-4-9-5-1-2-5;1-2-5-7-6-3-4-6;6-3-4-7-5-1-2-5;;/h1-5,8,10,14H,6-7,9,11-12,19H2,(H,20,23);1-5,8-9,14H,6-7,10-12H2,(H,19,21)(H,20,22);1-7H,8H2,(H,14,15)(H,16,17);1-5,12H,6-10H2;2-7H,1,8-10H2;1-5,11H,6-8H2;5H,1-4H2,(H,7,8);6H,2-5H2,1H3;5H,1-4,6H2;2*1H.